The van der Waals surface area contributed by atoms with E-state index in [0.717, 1.165) is 42.9 Å². The molecule has 1 saturated carbocycles. The predicted molar refractivity (Wildman–Crippen MR) is 104 cm³/mol. The average Bonchev–Trinajstić information content (AvgIpc) is 3.28. The van der Waals surface area contributed by atoms with E-state index in [4.69, 9.17) is 11.6 Å². The first-order valence-corrected chi connectivity index (χ1v) is 9.35. The number of nitrogens with one attached hydrogen (secondary N) is 1. The van der Waals surface area contributed by atoms with Gasteiger partial charge in [-0.15, -0.1) is 5.10 Å². The number of anilines is 1. The van der Waals surface area contributed by atoms with E-state index >= 15 is 0 Å². The summed E-state index contributed by atoms with van der Waals surface area (Å²) < 4.78 is 1.83. The summed E-state index contributed by atoms with van der Waals surface area (Å²) in [5.41, 5.74) is 4.30. The van der Waals surface area contributed by atoms with Crippen LogP contribution in [0.25, 0.3) is 5.69 Å². The van der Waals surface area contributed by atoms with Gasteiger partial charge in [-0.25, -0.2) is 0 Å². The SMILES string of the molecule is Cc1ccc(NC2(c3nnnn3-c3ccc(Cl)cc3)CCCC2)c(C)c1. The maximum Gasteiger partial charge on any atom is 0.181 e. The van der Waals surface area contributed by atoms with Crippen molar-refractivity contribution in [1.29, 1.82) is 0 Å². The zero-order valence-electron chi connectivity index (χ0n) is 15.0. The highest BCUT2D eigenvalue weighted by molar-refractivity contribution is 6.30. The van der Waals surface area contributed by atoms with Gasteiger partial charge in [-0.05, 0) is 73.0 Å². The van der Waals surface area contributed by atoms with Gasteiger partial charge in [0.2, 0.25) is 0 Å². The van der Waals surface area contributed by atoms with Crippen molar-refractivity contribution in [3.8, 4) is 5.69 Å². The minimum absolute atomic E-state index is 0.261. The molecule has 6 heteroatoms. The molecule has 0 spiro atoms. The Balaban J connectivity index is 1.76. The van der Waals surface area contributed by atoms with Crippen molar-refractivity contribution >= 4 is 17.3 Å². The van der Waals surface area contributed by atoms with E-state index in [1.54, 1.807) is 0 Å². The third kappa shape index (κ3) is 3.07. The van der Waals surface area contributed by atoms with Gasteiger partial charge < -0.3 is 5.32 Å². The molecule has 3 aromatic rings. The van der Waals surface area contributed by atoms with Gasteiger partial charge in [-0.2, -0.15) is 4.68 Å². The fraction of sp³-hybridized carbons (Fsp3) is 0.350. The molecule has 134 valence electrons. The Hall–Kier alpha value is -2.40. The summed E-state index contributed by atoms with van der Waals surface area (Å²) in [5, 5.41) is 17.1. The Morgan fingerprint density at radius 2 is 1.77 bits per heavy atom. The zero-order valence-corrected chi connectivity index (χ0v) is 15.8. The monoisotopic (exact) mass is 367 g/mol. The van der Waals surface area contributed by atoms with E-state index in [2.05, 4.69) is 52.9 Å². The minimum Gasteiger partial charge on any atom is -0.372 e. The summed E-state index contributed by atoms with van der Waals surface area (Å²) >= 11 is 6.03. The van der Waals surface area contributed by atoms with Crippen molar-refractivity contribution in [3.63, 3.8) is 0 Å². The summed E-state index contributed by atoms with van der Waals surface area (Å²) in [5.74, 6) is 0.859. The van der Waals surface area contributed by atoms with E-state index in [9.17, 15) is 0 Å². The molecule has 0 bridgehead atoms. The van der Waals surface area contributed by atoms with Crippen LogP contribution in [0.4, 0.5) is 5.69 Å². The summed E-state index contributed by atoms with van der Waals surface area (Å²) in [7, 11) is 0. The van der Waals surface area contributed by atoms with Crippen LogP contribution in [0.5, 0.6) is 0 Å². The van der Waals surface area contributed by atoms with E-state index in [1.165, 1.54) is 11.1 Å². The Kier molecular flexibility index (Phi) is 4.41. The van der Waals surface area contributed by atoms with E-state index in [1.807, 2.05) is 28.9 Å². The van der Waals surface area contributed by atoms with Crippen molar-refractivity contribution < 1.29 is 0 Å². The molecule has 4 rings (SSSR count). The number of aryl methyl sites for hydroxylation is 2. The summed E-state index contributed by atoms with van der Waals surface area (Å²) in [6.45, 7) is 4.25. The predicted octanol–water partition coefficient (Wildman–Crippen LogP) is 4.81. The second-order valence-corrected chi connectivity index (χ2v) is 7.56. The lowest BCUT2D eigenvalue weighted by Gasteiger charge is -2.31. The van der Waals surface area contributed by atoms with Gasteiger partial charge >= 0.3 is 0 Å². The van der Waals surface area contributed by atoms with Crippen LogP contribution in [-0.2, 0) is 5.54 Å². The highest BCUT2D eigenvalue weighted by Gasteiger charge is 2.41. The largest absolute Gasteiger partial charge is 0.372 e. The van der Waals surface area contributed by atoms with Gasteiger partial charge in [0.15, 0.2) is 5.82 Å². The third-order valence-corrected chi connectivity index (χ3v) is 5.43. The molecule has 0 radical (unpaired) electrons. The Labute approximate surface area is 158 Å². The molecule has 1 heterocycles. The topological polar surface area (TPSA) is 55.6 Å². The number of halogens is 1. The molecular formula is C20H22ClN5. The normalized spacial score (nSPS) is 16.0. The van der Waals surface area contributed by atoms with Crippen molar-refractivity contribution in [2.45, 2.75) is 45.1 Å². The van der Waals surface area contributed by atoms with Gasteiger partial charge in [-0.1, -0.05) is 42.1 Å². The fourth-order valence-electron chi connectivity index (χ4n) is 3.84. The minimum atomic E-state index is -0.261. The molecule has 0 unspecified atom stereocenters. The van der Waals surface area contributed by atoms with Crippen molar-refractivity contribution in [3.05, 3.63) is 64.4 Å². The molecule has 0 atom stereocenters. The second kappa shape index (κ2) is 6.72. The number of nitrogens with zero attached hydrogens (tertiary/aromatic N) is 4. The first-order valence-electron chi connectivity index (χ1n) is 8.98. The number of aromatic nitrogens is 4. The van der Waals surface area contributed by atoms with Gasteiger partial charge in [0, 0.05) is 10.7 Å². The Morgan fingerprint density at radius 1 is 1.04 bits per heavy atom. The zero-order chi connectivity index (χ0) is 18.1. The standard InChI is InChI=1S/C20H22ClN5/c1-14-5-10-18(15(2)13-14)22-20(11-3-4-12-20)19-23-24-25-26(19)17-8-6-16(21)7-9-17/h5-10,13,22H,3-4,11-12H2,1-2H3. The lowest BCUT2D eigenvalue weighted by molar-refractivity contribution is 0.461. The van der Waals surface area contributed by atoms with Crippen molar-refractivity contribution in [1.82, 2.24) is 20.2 Å². The second-order valence-electron chi connectivity index (χ2n) is 7.12. The van der Waals surface area contributed by atoms with Crippen LogP contribution < -0.4 is 5.32 Å². The average molecular weight is 368 g/mol. The van der Waals surface area contributed by atoms with Crippen LogP contribution in [0.1, 0.15) is 42.6 Å². The Morgan fingerprint density at radius 3 is 2.46 bits per heavy atom. The summed E-state index contributed by atoms with van der Waals surface area (Å²) in [6.07, 6.45) is 4.33. The highest BCUT2D eigenvalue weighted by atomic mass is 35.5. The van der Waals surface area contributed by atoms with E-state index in [0.29, 0.717) is 5.02 Å². The van der Waals surface area contributed by atoms with Crippen LogP contribution in [0.3, 0.4) is 0 Å². The van der Waals surface area contributed by atoms with Gasteiger partial charge in [0.1, 0.15) is 0 Å². The lowest BCUT2D eigenvalue weighted by Crippen LogP contribution is -2.35. The molecule has 1 fully saturated rings. The number of rotatable bonds is 4. The molecule has 1 aliphatic rings. The number of benzene rings is 2. The quantitative estimate of drug-likeness (QED) is 0.718. The van der Waals surface area contributed by atoms with Crippen molar-refractivity contribution in [2.24, 2.45) is 0 Å². The molecular weight excluding hydrogens is 346 g/mol. The Bertz CT molecular complexity index is 910. The molecule has 1 aromatic heterocycles. The van der Waals surface area contributed by atoms with E-state index < -0.39 is 0 Å². The number of hydrogen-bond donors (Lipinski definition) is 1. The third-order valence-electron chi connectivity index (χ3n) is 5.18. The summed E-state index contributed by atoms with van der Waals surface area (Å²) in [6, 6.07) is 14.1. The molecule has 0 saturated heterocycles. The van der Waals surface area contributed by atoms with Gasteiger partial charge in [0.05, 0.1) is 11.2 Å². The van der Waals surface area contributed by atoms with Gasteiger partial charge in [-0.3, -0.25) is 0 Å². The van der Waals surface area contributed by atoms with E-state index in [-0.39, 0.29) is 5.54 Å². The summed E-state index contributed by atoms with van der Waals surface area (Å²) in [4.78, 5) is 0. The maximum absolute atomic E-state index is 6.03. The molecule has 0 amide bonds. The highest BCUT2D eigenvalue weighted by Crippen LogP contribution is 2.41. The fourth-order valence-corrected chi connectivity index (χ4v) is 3.96. The molecule has 1 N–H and O–H groups in total. The first kappa shape index (κ1) is 17.0. The van der Waals surface area contributed by atoms with Crippen LogP contribution in [0, 0.1) is 13.8 Å². The molecule has 26 heavy (non-hydrogen) atoms. The molecule has 2 aromatic carbocycles. The molecule has 5 nitrogen and oxygen atoms in total. The van der Waals surface area contributed by atoms with Crippen LogP contribution in [0.15, 0.2) is 42.5 Å². The first-order chi connectivity index (χ1) is 12.6. The molecule has 1 aliphatic carbocycles. The smallest absolute Gasteiger partial charge is 0.181 e. The maximum atomic E-state index is 6.03. The van der Waals surface area contributed by atoms with Crippen molar-refractivity contribution in [2.75, 3.05) is 5.32 Å². The van der Waals surface area contributed by atoms with Crippen LogP contribution in [0.2, 0.25) is 5.02 Å². The number of hydrogen-bond acceptors (Lipinski definition) is 4. The molecule has 0 aliphatic heterocycles. The lowest BCUT2D eigenvalue weighted by atomic mass is 9.94. The van der Waals surface area contributed by atoms with Crippen LogP contribution in [-0.4, -0.2) is 20.2 Å². The van der Waals surface area contributed by atoms with Gasteiger partial charge in [0.25, 0.3) is 0 Å². The van der Waals surface area contributed by atoms with Crippen LogP contribution >= 0.6 is 11.6 Å². The number of tetrazole rings is 1.